The summed E-state index contributed by atoms with van der Waals surface area (Å²) in [6.07, 6.45) is 7.28. The van der Waals surface area contributed by atoms with Gasteiger partial charge in [-0.05, 0) is 32.2 Å². The second-order valence-electron chi connectivity index (χ2n) is 4.72. The van der Waals surface area contributed by atoms with Crippen LogP contribution < -0.4 is 14.8 Å². The molecule has 3 N–H and O–H groups in total. The quantitative estimate of drug-likeness (QED) is 0.675. The highest BCUT2D eigenvalue weighted by Crippen LogP contribution is 2.17. The van der Waals surface area contributed by atoms with Gasteiger partial charge < -0.3 is 5.32 Å². The van der Waals surface area contributed by atoms with Gasteiger partial charge in [-0.1, -0.05) is 19.3 Å². The first kappa shape index (κ1) is 12.3. The third-order valence-corrected chi connectivity index (χ3v) is 4.52. The van der Waals surface area contributed by atoms with Crippen molar-refractivity contribution < 1.29 is 8.42 Å². The van der Waals surface area contributed by atoms with Gasteiger partial charge in [0.1, 0.15) is 0 Å². The Kier molecular flexibility index (Phi) is 4.18. The molecule has 1 saturated heterocycles. The smallest absolute Gasteiger partial charge is 0.278 e. The maximum Gasteiger partial charge on any atom is 0.278 e. The fraction of sp³-hybridized carbons (Fsp3) is 1.00. The SMILES string of the molecule is O=S(=O)(NC1CCCCC1)NC1CCCN1. The number of rotatable bonds is 4. The summed E-state index contributed by atoms with van der Waals surface area (Å²) < 4.78 is 29.0. The number of nitrogens with one attached hydrogen (secondary N) is 3. The number of hydrogen-bond donors (Lipinski definition) is 3. The standard InChI is InChI=1S/C10H21N3O2S/c14-16(15,13-10-7-4-8-11-10)12-9-5-2-1-3-6-9/h9-13H,1-8H2. The van der Waals surface area contributed by atoms with Crippen LogP contribution in [0.2, 0.25) is 0 Å². The zero-order valence-corrected chi connectivity index (χ0v) is 10.4. The molecule has 0 amide bonds. The van der Waals surface area contributed by atoms with Gasteiger partial charge in [0.2, 0.25) is 0 Å². The van der Waals surface area contributed by atoms with Gasteiger partial charge in [-0.3, -0.25) is 0 Å². The van der Waals surface area contributed by atoms with Crippen molar-refractivity contribution in [2.24, 2.45) is 0 Å². The highest BCUT2D eigenvalue weighted by Gasteiger charge is 2.24. The minimum absolute atomic E-state index is 0.0823. The molecular formula is C10H21N3O2S. The van der Waals surface area contributed by atoms with Gasteiger partial charge in [0.25, 0.3) is 10.2 Å². The van der Waals surface area contributed by atoms with E-state index in [0.717, 1.165) is 45.1 Å². The summed E-state index contributed by atoms with van der Waals surface area (Å²) in [5.74, 6) is 0. The van der Waals surface area contributed by atoms with Gasteiger partial charge in [-0.2, -0.15) is 17.9 Å². The summed E-state index contributed by atoms with van der Waals surface area (Å²) in [6, 6.07) is 0.132. The minimum Gasteiger partial charge on any atom is -0.301 e. The predicted octanol–water partition coefficient (Wildman–Crippen LogP) is 0.453. The van der Waals surface area contributed by atoms with E-state index in [1.165, 1.54) is 6.42 Å². The van der Waals surface area contributed by atoms with Gasteiger partial charge in [-0.15, -0.1) is 0 Å². The molecule has 16 heavy (non-hydrogen) atoms. The highest BCUT2D eigenvalue weighted by molar-refractivity contribution is 7.87. The van der Waals surface area contributed by atoms with Crippen molar-refractivity contribution >= 4 is 10.2 Å². The lowest BCUT2D eigenvalue weighted by Gasteiger charge is -2.23. The van der Waals surface area contributed by atoms with Crippen molar-refractivity contribution in [1.82, 2.24) is 14.8 Å². The van der Waals surface area contributed by atoms with Crippen LogP contribution >= 0.6 is 0 Å². The van der Waals surface area contributed by atoms with Crippen LogP contribution in [-0.2, 0) is 10.2 Å². The summed E-state index contributed by atoms with van der Waals surface area (Å²) in [5.41, 5.74) is 0. The van der Waals surface area contributed by atoms with E-state index in [4.69, 9.17) is 0 Å². The molecule has 1 unspecified atom stereocenters. The molecule has 94 valence electrons. The molecule has 1 atom stereocenters. The van der Waals surface area contributed by atoms with Gasteiger partial charge in [0.05, 0.1) is 6.17 Å². The Labute approximate surface area is 97.6 Å². The first-order valence-corrected chi connectivity index (χ1v) is 7.67. The summed E-state index contributed by atoms with van der Waals surface area (Å²) in [6.45, 7) is 0.899. The number of hydrogen-bond acceptors (Lipinski definition) is 3. The van der Waals surface area contributed by atoms with Crippen LogP contribution in [0.1, 0.15) is 44.9 Å². The van der Waals surface area contributed by atoms with Gasteiger partial charge in [0.15, 0.2) is 0 Å². The van der Waals surface area contributed by atoms with Crippen molar-refractivity contribution in [2.75, 3.05) is 6.54 Å². The Morgan fingerprint density at radius 3 is 2.31 bits per heavy atom. The summed E-state index contributed by atoms with van der Waals surface area (Å²) in [5, 5.41) is 3.12. The van der Waals surface area contributed by atoms with Crippen LogP contribution in [0.5, 0.6) is 0 Å². The van der Waals surface area contributed by atoms with Crippen LogP contribution in [0.3, 0.4) is 0 Å². The van der Waals surface area contributed by atoms with Crippen LogP contribution in [-0.4, -0.2) is 27.2 Å². The molecule has 2 fully saturated rings. The largest absolute Gasteiger partial charge is 0.301 e. The van der Waals surface area contributed by atoms with Crippen LogP contribution in [0.4, 0.5) is 0 Å². The van der Waals surface area contributed by atoms with E-state index < -0.39 is 10.2 Å². The second-order valence-corrected chi connectivity index (χ2v) is 6.20. The lowest BCUT2D eigenvalue weighted by molar-refractivity contribution is 0.406. The molecule has 1 heterocycles. The molecule has 2 rings (SSSR count). The van der Waals surface area contributed by atoms with E-state index in [1.807, 2.05) is 0 Å². The van der Waals surface area contributed by atoms with Gasteiger partial charge in [0, 0.05) is 6.04 Å². The molecule has 6 heteroatoms. The lowest BCUT2D eigenvalue weighted by Crippen LogP contribution is -2.50. The summed E-state index contributed by atoms with van der Waals surface area (Å²) in [7, 11) is -3.33. The molecule has 0 radical (unpaired) electrons. The van der Waals surface area contributed by atoms with Crippen LogP contribution in [0.25, 0.3) is 0 Å². The molecule has 0 aromatic heterocycles. The average Bonchev–Trinajstić information content (AvgIpc) is 2.70. The van der Waals surface area contributed by atoms with Crippen molar-refractivity contribution in [3.8, 4) is 0 Å². The molecule has 0 bridgehead atoms. The summed E-state index contributed by atoms with van der Waals surface area (Å²) >= 11 is 0. The molecule has 2 aliphatic rings. The molecule has 1 aliphatic carbocycles. The normalized spacial score (nSPS) is 28.4. The van der Waals surface area contributed by atoms with Crippen molar-refractivity contribution in [3.63, 3.8) is 0 Å². The molecule has 1 saturated carbocycles. The van der Waals surface area contributed by atoms with Crippen LogP contribution in [0, 0.1) is 0 Å². The monoisotopic (exact) mass is 247 g/mol. The molecule has 1 aliphatic heterocycles. The third-order valence-electron chi connectivity index (χ3n) is 3.28. The molecule has 0 spiro atoms. The third kappa shape index (κ3) is 3.69. The minimum atomic E-state index is -3.33. The first-order valence-electron chi connectivity index (χ1n) is 6.19. The van der Waals surface area contributed by atoms with Gasteiger partial charge >= 0.3 is 0 Å². The Morgan fingerprint density at radius 1 is 0.938 bits per heavy atom. The molecule has 5 nitrogen and oxygen atoms in total. The Morgan fingerprint density at radius 2 is 1.69 bits per heavy atom. The zero-order valence-electron chi connectivity index (χ0n) is 9.54. The lowest BCUT2D eigenvalue weighted by atomic mass is 9.96. The Balaban J connectivity index is 1.81. The van der Waals surface area contributed by atoms with Crippen molar-refractivity contribution in [3.05, 3.63) is 0 Å². The predicted molar refractivity (Wildman–Crippen MR) is 63.1 cm³/mol. The second kappa shape index (κ2) is 5.44. The maximum absolute atomic E-state index is 11.8. The van der Waals surface area contributed by atoms with Crippen molar-refractivity contribution in [2.45, 2.75) is 57.2 Å². The van der Waals surface area contributed by atoms with E-state index in [2.05, 4.69) is 14.8 Å². The molecular weight excluding hydrogens is 226 g/mol. The highest BCUT2D eigenvalue weighted by atomic mass is 32.2. The Hall–Kier alpha value is -0.170. The fourth-order valence-corrected chi connectivity index (χ4v) is 3.76. The van der Waals surface area contributed by atoms with Crippen LogP contribution in [0.15, 0.2) is 0 Å². The first-order chi connectivity index (χ1) is 7.66. The van der Waals surface area contributed by atoms with E-state index in [9.17, 15) is 8.42 Å². The fourth-order valence-electron chi connectivity index (χ4n) is 2.45. The summed E-state index contributed by atoms with van der Waals surface area (Å²) in [4.78, 5) is 0. The van der Waals surface area contributed by atoms with Gasteiger partial charge in [-0.25, -0.2) is 0 Å². The molecule has 0 aromatic carbocycles. The van der Waals surface area contributed by atoms with E-state index in [1.54, 1.807) is 0 Å². The van der Waals surface area contributed by atoms with E-state index >= 15 is 0 Å². The van der Waals surface area contributed by atoms with E-state index in [0.29, 0.717) is 0 Å². The van der Waals surface area contributed by atoms with Crippen molar-refractivity contribution in [1.29, 1.82) is 0 Å². The zero-order chi connectivity index (χ0) is 11.4. The Bertz CT molecular complexity index is 306. The maximum atomic E-state index is 11.8. The average molecular weight is 247 g/mol. The van der Waals surface area contributed by atoms with E-state index in [-0.39, 0.29) is 12.2 Å². The molecule has 0 aromatic rings. The topological polar surface area (TPSA) is 70.2 Å².